The first-order chi connectivity index (χ1) is 11.5. The smallest absolute Gasteiger partial charge is 0.321 e. The van der Waals surface area contributed by atoms with Gasteiger partial charge in [-0.15, -0.1) is 0 Å². The predicted octanol–water partition coefficient (Wildman–Crippen LogP) is 3.97. The van der Waals surface area contributed by atoms with Crippen molar-refractivity contribution in [3.63, 3.8) is 0 Å². The standard InChI is InChI=1S/C20H25N3O/c1-15-4-6-18(7-5-15)21-20(24)23-10-8-22(9-11-23)19-13-16(2)12-17(3)14-19/h4-7,12-14H,8-11H2,1-3H3,(H,21,24). The highest BCUT2D eigenvalue weighted by Gasteiger charge is 2.21. The van der Waals surface area contributed by atoms with E-state index in [4.69, 9.17) is 0 Å². The maximum Gasteiger partial charge on any atom is 0.321 e. The molecule has 0 atom stereocenters. The Morgan fingerprint density at radius 1 is 0.833 bits per heavy atom. The molecule has 1 N–H and O–H groups in total. The molecule has 0 bridgehead atoms. The zero-order chi connectivity index (χ0) is 17.1. The number of anilines is 2. The summed E-state index contributed by atoms with van der Waals surface area (Å²) in [5.74, 6) is 0. The van der Waals surface area contributed by atoms with Gasteiger partial charge in [-0.2, -0.15) is 0 Å². The Hall–Kier alpha value is -2.49. The lowest BCUT2D eigenvalue weighted by Gasteiger charge is -2.36. The van der Waals surface area contributed by atoms with Crippen molar-refractivity contribution in [2.75, 3.05) is 36.4 Å². The molecule has 3 rings (SSSR count). The van der Waals surface area contributed by atoms with Crippen molar-refractivity contribution >= 4 is 17.4 Å². The highest BCUT2D eigenvalue weighted by Crippen LogP contribution is 2.20. The summed E-state index contributed by atoms with van der Waals surface area (Å²) in [4.78, 5) is 16.6. The molecule has 1 saturated heterocycles. The second kappa shape index (κ2) is 6.95. The van der Waals surface area contributed by atoms with Gasteiger partial charge >= 0.3 is 6.03 Å². The number of rotatable bonds is 2. The van der Waals surface area contributed by atoms with Crippen LogP contribution in [0.15, 0.2) is 42.5 Å². The number of nitrogens with one attached hydrogen (secondary N) is 1. The number of aryl methyl sites for hydroxylation is 3. The van der Waals surface area contributed by atoms with Crippen molar-refractivity contribution in [2.24, 2.45) is 0 Å². The van der Waals surface area contributed by atoms with E-state index in [-0.39, 0.29) is 6.03 Å². The summed E-state index contributed by atoms with van der Waals surface area (Å²) < 4.78 is 0. The van der Waals surface area contributed by atoms with Gasteiger partial charge in [0, 0.05) is 37.6 Å². The lowest BCUT2D eigenvalue weighted by molar-refractivity contribution is 0.208. The number of amides is 2. The lowest BCUT2D eigenvalue weighted by Crippen LogP contribution is -2.50. The predicted molar refractivity (Wildman–Crippen MR) is 99.9 cm³/mol. The molecule has 1 fully saturated rings. The van der Waals surface area contributed by atoms with Gasteiger partial charge in [0.2, 0.25) is 0 Å². The maximum atomic E-state index is 12.4. The van der Waals surface area contributed by atoms with E-state index >= 15 is 0 Å². The lowest BCUT2D eigenvalue weighted by atomic mass is 10.1. The fourth-order valence-electron chi connectivity index (χ4n) is 3.14. The average Bonchev–Trinajstić information content (AvgIpc) is 2.56. The fourth-order valence-corrected chi connectivity index (χ4v) is 3.14. The third kappa shape index (κ3) is 3.88. The Labute approximate surface area is 144 Å². The normalized spacial score (nSPS) is 14.6. The minimum atomic E-state index is -0.0149. The summed E-state index contributed by atoms with van der Waals surface area (Å²) in [5, 5.41) is 2.98. The van der Waals surface area contributed by atoms with E-state index in [9.17, 15) is 4.79 Å². The number of hydrogen-bond acceptors (Lipinski definition) is 2. The molecule has 1 heterocycles. The number of urea groups is 1. The first-order valence-electron chi connectivity index (χ1n) is 8.47. The van der Waals surface area contributed by atoms with E-state index in [1.54, 1.807) is 0 Å². The number of nitrogens with zero attached hydrogens (tertiary/aromatic N) is 2. The van der Waals surface area contributed by atoms with E-state index in [1.807, 2.05) is 36.1 Å². The van der Waals surface area contributed by atoms with Crippen molar-refractivity contribution in [3.05, 3.63) is 59.2 Å². The molecule has 1 aliphatic rings. The van der Waals surface area contributed by atoms with Crippen molar-refractivity contribution in [1.82, 2.24) is 4.90 Å². The molecule has 0 aromatic heterocycles. The van der Waals surface area contributed by atoms with Gasteiger partial charge in [-0.1, -0.05) is 23.8 Å². The van der Waals surface area contributed by atoms with Gasteiger partial charge in [0.15, 0.2) is 0 Å². The Balaban J connectivity index is 1.58. The van der Waals surface area contributed by atoms with Gasteiger partial charge in [0.05, 0.1) is 0 Å². The molecular weight excluding hydrogens is 298 g/mol. The summed E-state index contributed by atoms with van der Waals surface area (Å²) in [5.41, 5.74) is 5.86. The Morgan fingerprint density at radius 3 is 2.00 bits per heavy atom. The van der Waals surface area contributed by atoms with Crippen LogP contribution in [-0.2, 0) is 0 Å². The number of piperazine rings is 1. The second-order valence-corrected chi connectivity index (χ2v) is 6.62. The third-order valence-corrected chi connectivity index (χ3v) is 4.44. The second-order valence-electron chi connectivity index (χ2n) is 6.62. The summed E-state index contributed by atoms with van der Waals surface area (Å²) in [6.07, 6.45) is 0. The van der Waals surface area contributed by atoms with Crippen LogP contribution < -0.4 is 10.2 Å². The van der Waals surface area contributed by atoms with Crippen LogP contribution in [0, 0.1) is 20.8 Å². The SMILES string of the molecule is Cc1ccc(NC(=O)N2CCN(c3cc(C)cc(C)c3)CC2)cc1. The van der Waals surface area contributed by atoms with Crippen molar-refractivity contribution in [2.45, 2.75) is 20.8 Å². The van der Waals surface area contributed by atoms with Gasteiger partial charge in [-0.25, -0.2) is 4.79 Å². The molecule has 0 aliphatic carbocycles. The highest BCUT2D eigenvalue weighted by molar-refractivity contribution is 5.89. The van der Waals surface area contributed by atoms with E-state index in [1.165, 1.54) is 22.4 Å². The van der Waals surface area contributed by atoms with Crippen LogP contribution in [0.25, 0.3) is 0 Å². The fraction of sp³-hybridized carbons (Fsp3) is 0.350. The summed E-state index contributed by atoms with van der Waals surface area (Å²) in [6.45, 7) is 9.51. The van der Waals surface area contributed by atoms with Gasteiger partial charge in [-0.3, -0.25) is 0 Å². The van der Waals surface area contributed by atoms with Crippen LogP contribution in [0.3, 0.4) is 0 Å². The first kappa shape index (κ1) is 16.4. The molecule has 2 aromatic carbocycles. The zero-order valence-electron chi connectivity index (χ0n) is 14.7. The monoisotopic (exact) mass is 323 g/mol. The number of benzene rings is 2. The van der Waals surface area contributed by atoms with E-state index < -0.39 is 0 Å². The Kier molecular flexibility index (Phi) is 4.74. The van der Waals surface area contributed by atoms with E-state index in [0.717, 1.165) is 31.9 Å². The van der Waals surface area contributed by atoms with Gasteiger partial charge in [0.25, 0.3) is 0 Å². The molecule has 2 aromatic rings. The quantitative estimate of drug-likeness (QED) is 0.908. The number of carbonyl (C=O) groups is 1. The molecule has 0 saturated carbocycles. The molecule has 0 radical (unpaired) electrons. The summed E-state index contributed by atoms with van der Waals surface area (Å²) >= 11 is 0. The molecule has 4 nitrogen and oxygen atoms in total. The Morgan fingerprint density at radius 2 is 1.42 bits per heavy atom. The molecular formula is C20H25N3O. The van der Waals surface area contributed by atoms with Gasteiger partial charge in [0.1, 0.15) is 0 Å². The highest BCUT2D eigenvalue weighted by atomic mass is 16.2. The molecule has 24 heavy (non-hydrogen) atoms. The van der Waals surface area contributed by atoms with Crippen LogP contribution in [0.5, 0.6) is 0 Å². The average molecular weight is 323 g/mol. The van der Waals surface area contributed by atoms with Crippen molar-refractivity contribution in [1.29, 1.82) is 0 Å². The summed E-state index contributed by atoms with van der Waals surface area (Å²) in [7, 11) is 0. The molecule has 0 unspecified atom stereocenters. The third-order valence-electron chi connectivity index (χ3n) is 4.44. The minimum absolute atomic E-state index is 0.0149. The van der Waals surface area contributed by atoms with Crippen molar-refractivity contribution < 1.29 is 4.79 Å². The molecule has 1 aliphatic heterocycles. The van der Waals surface area contributed by atoms with Crippen LogP contribution in [0.4, 0.5) is 16.2 Å². The summed E-state index contributed by atoms with van der Waals surface area (Å²) in [6, 6.07) is 14.5. The number of hydrogen-bond donors (Lipinski definition) is 1. The van der Waals surface area contributed by atoms with E-state index in [2.05, 4.69) is 42.3 Å². The van der Waals surface area contributed by atoms with Crippen molar-refractivity contribution in [3.8, 4) is 0 Å². The number of carbonyl (C=O) groups excluding carboxylic acids is 1. The Bertz CT molecular complexity index is 696. The molecule has 126 valence electrons. The molecule has 0 spiro atoms. The van der Waals surface area contributed by atoms with Crippen LogP contribution in [0.1, 0.15) is 16.7 Å². The molecule has 4 heteroatoms. The van der Waals surface area contributed by atoms with Gasteiger partial charge in [-0.05, 0) is 56.2 Å². The van der Waals surface area contributed by atoms with Gasteiger partial charge < -0.3 is 15.1 Å². The molecule has 2 amide bonds. The van der Waals surface area contributed by atoms with E-state index in [0.29, 0.717) is 0 Å². The topological polar surface area (TPSA) is 35.6 Å². The van der Waals surface area contributed by atoms with Crippen LogP contribution in [-0.4, -0.2) is 37.1 Å². The van der Waals surface area contributed by atoms with Crippen LogP contribution in [0.2, 0.25) is 0 Å². The zero-order valence-corrected chi connectivity index (χ0v) is 14.7. The first-order valence-corrected chi connectivity index (χ1v) is 8.47. The van der Waals surface area contributed by atoms with Crippen LogP contribution >= 0.6 is 0 Å². The maximum absolute atomic E-state index is 12.4. The minimum Gasteiger partial charge on any atom is -0.368 e. The largest absolute Gasteiger partial charge is 0.368 e.